The van der Waals surface area contributed by atoms with Crippen LogP contribution >= 0.6 is 0 Å². The van der Waals surface area contributed by atoms with Crippen LogP contribution in [0.1, 0.15) is 16.7 Å². The molecule has 33 heavy (non-hydrogen) atoms. The zero-order valence-corrected chi connectivity index (χ0v) is 18.7. The van der Waals surface area contributed by atoms with Crippen LogP contribution in [0.3, 0.4) is 0 Å². The van der Waals surface area contributed by atoms with Crippen molar-refractivity contribution in [1.82, 2.24) is 15.2 Å². The lowest BCUT2D eigenvalue weighted by molar-refractivity contribution is -0.135. The molecule has 2 heterocycles. The van der Waals surface area contributed by atoms with E-state index in [2.05, 4.69) is 46.7 Å². The van der Waals surface area contributed by atoms with Crippen molar-refractivity contribution in [1.29, 1.82) is 0 Å². The summed E-state index contributed by atoms with van der Waals surface area (Å²) < 4.78 is 5.88. The Morgan fingerprint density at radius 2 is 1.70 bits per heavy atom. The van der Waals surface area contributed by atoms with Gasteiger partial charge in [0.15, 0.2) is 0 Å². The van der Waals surface area contributed by atoms with E-state index in [-0.39, 0.29) is 11.9 Å². The molecular formula is C28H29N3O2. The van der Waals surface area contributed by atoms with Crippen LogP contribution < -0.4 is 10.1 Å². The lowest BCUT2D eigenvalue weighted by atomic mass is 10.0. The largest absolute Gasteiger partial charge is 0.489 e. The van der Waals surface area contributed by atoms with E-state index in [9.17, 15) is 4.79 Å². The number of nitrogens with one attached hydrogen (secondary N) is 2. The topological polar surface area (TPSA) is 57.4 Å². The second-order valence-electron chi connectivity index (χ2n) is 8.56. The number of para-hydroxylation sites is 1. The molecule has 1 saturated heterocycles. The first-order valence-corrected chi connectivity index (χ1v) is 11.6. The van der Waals surface area contributed by atoms with Crippen LogP contribution in [0.2, 0.25) is 0 Å². The number of benzene rings is 3. The highest BCUT2D eigenvalue weighted by Gasteiger charge is 2.28. The van der Waals surface area contributed by atoms with Gasteiger partial charge in [-0.25, -0.2) is 0 Å². The highest BCUT2D eigenvalue weighted by Crippen LogP contribution is 2.21. The van der Waals surface area contributed by atoms with Crippen molar-refractivity contribution in [3.63, 3.8) is 0 Å². The fourth-order valence-electron chi connectivity index (χ4n) is 4.45. The van der Waals surface area contributed by atoms with Crippen LogP contribution in [0.15, 0.2) is 85.1 Å². The van der Waals surface area contributed by atoms with E-state index in [0.717, 1.165) is 42.9 Å². The number of amides is 1. The number of piperazine rings is 1. The first kappa shape index (κ1) is 21.3. The van der Waals surface area contributed by atoms with Crippen LogP contribution in [0.25, 0.3) is 10.9 Å². The molecule has 1 aliphatic heterocycles. The smallest absolute Gasteiger partial charge is 0.240 e. The number of ether oxygens (including phenoxy) is 1. The van der Waals surface area contributed by atoms with Gasteiger partial charge in [0.2, 0.25) is 5.91 Å². The maximum absolute atomic E-state index is 13.1. The highest BCUT2D eigenvalue weighted by atomic mass is 16.5. The summed E-state index contributed by atoms with van der Waals surface area (Å²) in [5, 5.41) is 4.61. The number of carbonyl (C=O) groups is 1. The quantitative estimate of drug-likeness (QED) is 0.430. The first-order valence-electron chi connectivity index (χ1n) is 11.6. The summed E-state index contributed by atoms with van der Waals surface area (Å²) in [6.07, 6.45) is 3.57. The Morgan fingerprint density at radius 3 is 2.55 bits per heavy atom. The average molecular weight is 440 g/mol. The number of hydrogen-bond acceptors (Lipinski definition) is 3. The molecule has 1 atom stereocenters. The van der Waals surface area contributed by atoms with Gasteiger partial charge >= 0.3 is 0 Å². The summed E-state index contributed by atoms with van der Waals surface area (Å²) in [6, 6.07) is 26.4. The summed E-state index contributed by atoms with van der Waals surface area (Å²) in [5.74, 6) is 1.05. The number of aromatic amines is 1. The zero-order chi connectivity index (χ0) is 22.5. The summed E-state index contributed by atoms with van der Waals surface area (Å²) in [7, 11) is 0. The molecule has 1 aromatic heterocycles. The number of aromatic nitrogens is 1. The SMILES string of the molecule is O=C1[C@H](Cc2c[nH]c3ccccc23)NCCN1CCc1ccc(OCc2ccccc2)cc1. The Labute approximate surface area is 194 Å². The first-order chi connectivity index (χ1) is 16.3. The Bertz CT molecular complexity index is 1200. The molecule has 0 unspecified atom stereocenters. The molecular weight excluding hydrogens is 410 g/mol. The third-order valence-corrected chi connectivity index (χ3v) is 6.32. The van der Waals surface area contributed by atoms with E-state index in [1.165, 1.54) is 16.5 Å². The van der Waals surface area contributed by atoms with Gasteiger partial charge < -0.3 is 19.9 Å². The normalized spacial score (nSPS) is 16.3. The lowest BCUT2D eigenvalue weighted by Crippen LogP contribution is -2.56. The fourth-order valence-corrected chi connectivity index (χ4v) is 4.45. The summed E-state index contributed by atoms with van der Waals surface area (Å²) in [4.78, 5) is 18.4. The van der Waals surface area contributed by atoms with Gasteiger partial charge in [0.1, 0.15) is 12.4 Å². The van der Waals surface area contributed by atoms with Crippen molar-refractivity contribution in [2.45, 2.75) is 25.5 Å². The Morgan fingerprint density at radius 1 is 0.909 bits per heavy atom. The Hall–Kier alpha value is -3.57. The van der Waals surface area contributed by atoms with E-state index in [1.54, 1.807) is 0 Å². The summed E-state index contributed by atoms with van der Waals surface area (Å²) in [6.45, 7) is 2.87. The molecule has 0 saturated carbocycles. The Kier molecular flexibility index (Phi) is 6.40. The van der Waals surface area contributed by atoms with Crippen LogP contribution in [0.5, 0.6) is 5.75 Å². The second kappa shape index (κ2) is 9.92. The summed E-state index contributed by atoms with van der Waals surface area (Å²) >= 11 is 0. The molecule has 3 aromatic carbocycles. The highest BCUT2D eigenvalue weighted by molar-refractivity contribution is 5.86. The van der Waals surface area contributed by atoms with Gasteiger partial charge in [-0.05, 0) is 47.7 Å². The molecule has 0 radical (unpaired) electrons. The lowest BCUT2D eigenvalue weighted by Gasteiger charge is -2.33. The van der Waals surface area contributed by atoms with Crippen molar-refractivity contribution >= 4 is 16.8 Å². The van der Waals surface area contributed by atoms with Gasteiger partial charge in [0, 0.05) is 36.7 Å². The van der Waals surface area contributed by atoms with E-state index in [4.69, 9.17) is 4.74 Å². The van der Waals surface area contributed by atoms with Crippen molar-refractivity contribution in [2.75, 3.05) is 19.6 Å². The van der Waals surface area contributed by atoms with Crippen molar-refractivity contribution in [3.8, 4) is 5.75 Å². The van der Waals surface area contributed by atoms with E-state index in [1.807, 2.05) is 53.6 Å². The standard InChI is InChI=1S/C28H29N3O2/c32-28-27(18-23-19-30-26-9-5-4-8-25(23)26)29-15-17-31(28)16-14-21-10-12-24(13-11-21)33-20-22-6-2-1-3-7-22/h1-13,19,27,29-30H,14-18,20H2/t27-/m0/s1. The van der Waals surface area contributed by atoms with Gasteiger partial charge in [0.25, 0.3) is 0 Å². The molecule has 0 spiro atoms. The molecule has 168 valence electrons. The summed E-state index contributed by atoms with van der Waals surface area (Å²) in [5.41, 5.74) is 4.66. The molecule has 1 fully saturated rings. The van der Waals surface area contributed by atoms with Gasteiger partial charge in [-0.2, -0.15) is 0 Å². The minimum atomic E-state index is -0.174. The maximum Gasteiger partial charge on any atom is 0.240 e. The third-order valence-electron chi connectivity index (χ3n) is 6.32. The molecule has 1 aliphatic rings. The minimum Gasteiger partial charge on any atom is -0.489 e. The van der Waals surface area contributed by atoms with Gasteiger partial charge in [-0.15, -0.1) is 0 Å². The fraction of sp³-hybridized carbons (Fsp3) is 0.250. The number of hydrogen-bond donors (Lipinski definition) is 2. The number of fused-ring (bicyclic) bond motifs is 1. The van der Waals surface area contributed by atoms with Gasteiger partial charge in [0.05, 0.1) is 6.04 Å². The van der Waals surface area contributed by atoms with E-state index in [0.29, 0.717) is 13.0 Å². The van der Waals surface area contributed by atoms with Gasteiger partial charge in [-0.1, -0.05) is 60.7 Å². The molecule has 0 aliphatic carbocycles. The molecule has 4 aromatic rings. The van der Waals surface area contributed by atoms with Crippen molar-refractivity contribution < 1.29 is 9.53 Å². The molecule has 5 nitrogen and oxygen atoms in total. The van der Waals surface area contributed by atoms with Crippen molar-refractivity contribution in [3.05, 3.63) is 102 Å². The molecule has 0 bridgehead atoms. The molecule has 2 N–H and O–H groups in total. The minimum absolute atomic E-state index is 0.174. The van der Waals surface area contributed by atoms with Crippen LogP contribution in [0, 0.1) is 0 Å². The number of rotatable bonds is 8. The molecule has 5 heteroatoms. The van der Waals surface area contributed by atoms with E-state index < -0.39 is 0 Å². The number of nitrogens with zero attached hydrogens (tertiary/aromatic N) is 1. The predicted molar refractivity (Wildman–Crippen MR) is 131 cm³/mol. The van der Waals surface area contributed by atoms with E-state index >= 15 is 0 Å². The molecule has 5 rings (SSSR count). The van der Waals surface area contributed by atoms with Crippen LogP contribution in [-0.4, -0.2) is 41.5 Å². The monoisotopic (exact) mass is 439 g/mol. The zero-order valence-electron chi connectivity index (χ0n) is 18.7. The average Bonchev–Trinajstić information content (AvgIpc) is 3.27. The number of H-pyrrole nitrogens is 1. The Balaban J connectivity index is 1.14. The maximum atomic E-state index is 13.1. The van der Waals surface area contributed by atoms with Crippen LogP contribution in [0.4, 0.5) is 0 Å². The molecule has 1 amide bonds. The van der Waals surface area contributed by atoms with Crippen LogP contribution in [-0.2, 0) is 24.2 Å². The van der Waals surface area contributed by atoms with Gasteiger partial charge in [-0.3, -0.25) is 4.79 Å². The number of carbonyl (C=O) groups excluding carboxylic acids is 1. The third kappa shape index (κ3) is 5.10. The second-order valence-corrected chi connectivity index (χ2v) is 8.56. The predicted octanol–water partition coefficient (Wildman–Crippen LogP) is 4.33. The van der Waals surface area contributed by atoms with Crippen molar-refractivity contribution in [2.24, 2.45) is 0 Å².